The van der Waals surface area contributed by atoms with Crippen LogP contribution < -0.4 is 0 Å². The predicted octanol–water partition coefficient (Wildman–Crippen LogP) is 11.8. The van der Waals surface area contributed by atoms with Crippen LogP contribution in [0.25, 0.3) is 0 Å². The highest BCUT2D eigenvalue weighted by Gasteiger charge is 2.13. The molecule has 0 aliphatic rings. The minimum Gasteiger partial charge on any atom is -0.457 e. The Bertz CT molecular complexity index is 547. The van der Waals surface area contributed by atoms with Crippen LogP contribution in [-0.2, 0) is 14.3 Å². The second kappa shape index (κ2) is 36.3. The monoisotopic (exact) mass is 595 g/mol. The quantitative estimate of drug-likeness (QED) is 0.0450. The van der Waals surface area contributed by atoms with Crippen LogP contribution in [0.5, 0.6) is 0 Å². The summed E-state index contributed by atoms with van der Waals surface area (Å²) in [5.41, 5.74) is 0. The Balaban J connectivity index is 3.38. The molecule has 0 radical (unpaired) electrons. The number of aliphatic hydroxyl groups is 1. The summed E-state index contributed by atoms with van der Waals surface area (Å²) in [6.07, 6.45) is 41.1. The van der Waals surface area contributed by atoms with Crippen molar-refractivity contribution in [1.82, 2.24) is 0 Å². The van der Waals surface area contributed by atoms with E-state index >= 15 is 0 Å². The van der Waals surface area contributed by atoms with E-state index in [9.17, 15) is 9.90 Å². The lowest BCUT2D eigenvalue weighted by molar-refractivity contribution is -0.154. The predicted molar refractivity (Wildman–Crippen MR) is 182 cm³/mol. The number of ether oxygens (including phenoxy) is 2. The van der Waals surface area contributed by atoms with E-state index in [0.29, 0.717) is 19.6 Å². The van der Waals surface area contributed by atoms with Crippen LogP contribution in [0.15, 0.2) is 12.2 Å². The largest absolute Gasteiger partial charge is 0.457 e. The third kappa shape index (κ3) is 33.6. The number of rotatable bonds is 35. The topological polar surface area (TPSA) is 55.8 Å². The average molecular weight is 595 g/mol. The van der Waals surface area contributed by atoms with Gasteiger partial charge < -0.3 is 14.6 Å². The Morgan fingerprint density at radius 1 is 0.548 bits per heavy atom. The van der Waals surface area contributed by atoms with Gasteiger partial charge in [-0.1, -0.05) is 174 Å². The summed E-state index contributed by atoms with van der Waals surface area (Å²) in [4.78, 5) is 12.1. The first kappa shape index (κ1) is 41.1. The fraction of sp³-hybridized carbons (Fsp3) is 0.921. The first-order chi connectivity index (χ1) is 20.7. The minimum atomic E-state index is -0.529. The van der Waals surface area contributed by atoms with Crippen LogP contribution in [0.4, 0.5) is 0 Å². The molecule has 0 amide bonds. The number of hydrogen-bond donors (Lipinski definition) is 1. The molecule has 42 heavy (non-hydrogen) atoms. The standard InChI is InChI=1S/C38H74O4/c1-3-5-7-9-11-13-15-16-17-18-19-20-21-22-23-25-27-29-31-33-38(40)42-37(35-39)36-41-34-32-30-28-26-24-14-12-10-8-6-4-2/h8,10,37,39H,3-7,9,11-36H2,1-2H3/b10-8-. The van der Waals surface area contributed by atoms with E-state index in [2.05, 4.69) is 26.0 Å². The van der Waals surface area contributed by atoms with Crippen molar-refractivity contribution in [2.75, 3.05) is 19.8 Å². The SMILES string of the molecule is CCC/C=C\CCCCCCCCOCC(CO)OC(=O)CCCCCCCCCCCCCCCCCCCCC. The van der Waals surface area contributed by atoms with Crippen molar-refractivity contribution < 1.29 is 19.4 Å². The van der Waals surface area contributed by atoms with E-state index in [-0.39, 0.29) is 12.6 Å². The van der Waals surface area contributed by atoms with Crippen molar-refractivity contribution in [3.05, 3.63) is 12.2 Å². The van der Waals surface area contributed by atoms with Gasteiger partial charge in [0.2, 0.25) is 0 Å². The van der Waals surface area contributed by atoms with Gasteiger partial charge in [-0.25, -0.2) is 0 Å². The molecule has 4 heteroatoms. The number of aliphatic hydroxyl groups excluding tert-OH is 1. The van der Waals surface area contributed by atoms with Crippen molar-refractivity contribution >= 4 is 5.97 Å². The number of carbonyl (C=O) groups is 1. The molecule has 250 valence electrons. The molecular formula is C38H74O4. The van der Waals surface area contributed by atoms with E-state index < -0.39 is 6.10 Å². The molecule has 0 spiro atoms. The zero-order valence-corrected chi connectivity index (χ0v) is 28.5. The Morgan fingerprint density at radius 3 is 1.45 bits per heavy atom. The van der Waals surface area contributed by atoms with Gasteiger partial charge in [-0.15, -0.1) is 0 Å². The molecule has 0 heterocycles. The van der Waals surface area contributed by atoms with Crippen LogP contribution in [0, 0.1) is 0 Å². The lowest BCUT2D eigenvalue weighted by Crippen LogP contribution is -2.27. The number of esters is 1. The molecule has 0 saturated carbocycles. The van der Waals surface area contributed by atoms with Gasteiger partial charge in [-0.3, -0.25) is 4.79 Å². The Kier molecular flexibility index (Phi) is 35.6. The first-order valence-corrected chi connectivity index (χ1v) is 18.8. The third-order valence-corrected chi connectivity index (χ3v) is 8.32. The van der Waals surface area contributed by atoms with E-state index in [4.69, 9.17) is 9.47 Å². The smallest absolute Gasteiger partial charge is 0.306 e. The molecule has 4 nitrogen and oxygen atoms in total. The maximum Gasteiger partial charge on any atom is 0.306 e. The van der Waals surface area contributed by atoms with Crippen molar-refractivity contribution in [3.8, 4) is 0 Å². The summed E-state index contributed by atoms with van der Waals surface area (Å²) in [7, 11) is 0. The molecule has 0 rings (SSSR count). The third-order valence-electron chi connectivity index (χ3n) is 8.32. The van der Waals surface area contributed by atoms with Gasteiger partial charge in [-0.05, 0) is 32.1 Å². The molecule has 0 saturated heterocycles. The molecule has 0 aromatic carbocycles. The zero-order chi connectivity index (χ0) is 30.6. The summed E-state index contributed by atoms with van der Waals surface area (Å²) in [5.74, 6) is -0.200. The van der Waals surface area contributed by atoms with Crippen LogP contribution in [0.3, 0.4) is 0 Å². The highest BCUT2D eigenvalue weighted by atomic mass is 16.6. The highest BCUT2D eigenvalue weighted by molar-refractivity contribution is 5.69. The highest BCUT2D eigenvalue weighted by Crippen LogP contribution is 2.15. The molecule has 0 aliphatic carbocycles. The van der Waals surface area contributed by atoms with Crippen molar-refractivity contribution in [3.63, 3.8) is 0 Å². The van der Waals surface area contributed by atoms with Crippen molar-refractivity contribution in [2.45, 2.75) is 206 Å². The molecule has 1 unspecified atom stereocenters. The lowest BCUT2D eigenvalue weighted by Gasteiger charge is -2.15. The van der Waals surface area contributed by atoms with Crippen LogP contribution in [-0.4, -0.2) is 37.0 Å². The molecule has 1 N–H and O–H groups in total. The van der Waals surface area contributed by atoms with Gasteiger partial charge in [0.25, 0.3) is 0 Å². The molecular weight excluding hydrogens is 520 g/mol. The van der Waals surface area contributed by atoms with Crippen LogP contribution in [0.1, 0.15) is 200 Å². The summed E-state index contributed by atoms with van der Waals surface area (Å²) in [6, 6.07) is 0. The van der Waals surface area contributed by atoms with Gasteiger partial charge >= 0.3 is 5.97 Å². The van der Waals surface area contributed by atoms with Crippen LogP contribution >= 0.6 is 0 Å². The fourth-order valence-corrected chi connectivity index (χ4v) is 5.51. The number of allylic oxidation sites excluding steroid dienone is 2. The maximum absolute atomic E-state index is 12.1. The van der Waals surface area contributed by atoms with E-state index in [1.807, 2.05) is 0 Å². The molecule has 1 atom stereocenters. The average Bonchev–Trinajstić information content (AvgIpc) is 3.00. The maximum atomic E-state index is 12.1. The van der Waals surface area contributed by atoms with E-state index in [1.54, 1.807) is 0 Å². The number of carbonyl (C=O) groups excluding carboxylic acids is 1. The van der Waals surface area contributed by atoms with Crippen molar-refractivity contribution in [2.24, 2.45) is 0 Å². The van der Waals surface area contributed by atoms with Gasteiger partial charge in [0.05, 0.1) is 13.2 Å². The number of hydrogen-bond acceptors (Lipinski definition) is 4. The normalized spacial score (nSPS) is 12.4. The molecule has 0 aliphatic heterocycles. The molecule has 0 aromatic rings. The first-order valence-electron chi connectivity index (χ1n) is 18.8. The summed E-state index contributed by atoms with van der Waals surface area (Å²) in [5, 5.41) is 9.54. The van der Waals surface area contributed by atoms with Gasteiger partial charge in [0.15, 0.2) is 0 Å². The zero-order valence-electron chi connectivity index (χ0n) is 28.5. The Hall–Kier alpha value is -0.870. The Labute approximate surface area is 263 Å². The second-order valence-electron chi connectivity index (χ2n) is 12.7. The molecule has 0 aromatic heterocycles. The van der Waals surface area contributed by atoms with Gasteiger partial charge in [0, 0.05) is 13.0 Å². The van der Waals surface area contributed by atoms with Gasteiger partial charge in [-0.2, -0.15) is 0 Å². The van der Waals surface area contributed by atoms with Crippen molar-refractivity contribution in [1.29, 1.82) is 0 Å². The van der Waals surface area contributed by atoms with E-state index in [1.165, 1.54) is 161 Å². The summed E-state index contributed by atoms with van der Waals surface area (Å²) < 4.78 is 11.1. The summed E-state index contributed by atoms with van der Waals surface area (Å²) >= 11 is 0. The lowest BCUT2D eigenvalue weighted by atomic mass is 10.0. The Morgan fingerprint density at radius 2 is 0.976 bits per heavy atom. The molecule has 0 bridgehead atoms. The fourth-order valence-electron chi connectivity index (χ4n) is 5.51. The molecule has 0 fully saturated rings. The van der Waals surface area contributed by atoms with E-state index in [0.717, 1.165) is 19.3 Å². The second-order valence-corrected chi connectivity index (χ2v) is 12.7. The summed E-state index contributed by atoms with van der Waals surface area (Å²) in [6.45, 7) is 5.31. The van der Waals surface area contributed by atoms with Crippen LogP contribution in [0.2, 0.25) is 0 Å². The van der Waals surface area contributed by atoms with Gasteiger partial charge in [0.1, 0.15) is 6.10 Å². The minimum absolute atomic E-state index is 0.169. The number of unbranched alkanes of at least 4 members (excludes halogenated alkanes) is 25.